The van der Waals surface area contributed by atoms with E-state index in [-0.39, 0.29) is 6.10 Å². The van der Waals surface area contributed by atoms with E-state index < -0.39 is 0 Å². The van der Waals surface area contributed by atoms with Crippen LogP contribution in [0.4, 0.5) is 5.69 Å². The molecule has 1 atom stereocenters. The first-order valence-electron chi connectivity index (χ1n) is 6.03. The minimum absolute atomic E-state index is 0.254. The number of hydrogen-bond acceptors (Lipinski definition) is 3. The summed E-state index contributed by atoms with van der Waals surface area (Å²) in [5.74, 6) is 0. The van der Waals surface area contributed by atoms with Gasteiger partial charge in [0, 0.05) is 23.8 Å². The minimum Gasteiger partial charge on any atom is -0.374 e. The molecule has 0 aromatic heterocycles. The van der Waals surface area contributed by atoms with Crippen LogP contribution in [0.2, 0.25) is 5.02 Å². The van der Waals surface area contributed by atoms with Crippen molar-refractivity contribution < 1.29 is 4.74 Å². The lowest BCUT2D eigenvalue weighted by Gasteiger charge is -2.35. The molecule has 17 heavy (non-hydrogen) atoms. The number of ether oxygens (including phenoxy) is 1. The van der Waals surface area contributed by atoms with Crippen LogP contribution in [0.5, 0.6) is 0 Å². The monoisotopic (exact) mass is 254 g/mol. The molecule has 1 saturated heterocycles. The van der Waals surface area contributed by atoms with Gasteiger partial charge in [0.15, 0.2) is 0 Å². The van der Waals surface area contributed by atoms with Gasteiger partial charge in [0.25, 0.3) is 0 Å². The van der Waals surface area contributed by atoms with Gasteiger partial charge in [-0.25, -0.2) is 0 Å². The van der Waals surface area contributed by atoms with Crippen molar-refractivity contribution in [3.8, 4) is 0 Å². The molecule has 1 fully saturated rings. The Labute approximate surface area is 107 Å². The lowest BCUT2D eigenvalue weighted by atomic mass is 10.1. The van der Waals surface area contributed by atoms with Crippen LogP contribution in [0.3, 0.4) is 0 Å². The van der Waals surface area contributed by atoms with E-state index in [9.17, 15) is 0 Å². The lowest BCUT2D eigenvalue weighted by Crippen LogP contribution is -2.43. The molecule has 0 bridgehead atoms. The summed E-state index contributed by atoms with van der Waals surface area (Å²) in [6.07, 6.45) is 1.17. The predicted molar refractivity (Wildman–Crippen MR) is 71.8 cm³/mol. The fourth-order valence-electron chi connectivity index (χ4n) is 2.27. The van der Waals surface area contributed by atoms with Crippen molar-refractivity contribution in [3.05, 3.63) is 28.8 Å². The van der Waals surface area contributed by atoms with E-state index >= 15 is 0 Å². The molecule has 0 saturated carbocycles. The average Bonchev–Trinajstić information content (AvgIpc) is 2.29. The van der Waals surface area contributed by atoms with Crippen LogP contribution in [-0.4, -0.2) is 32.3 Å². The van der Waals surface area contributed by atoms with Gasteiger partial charge >= 0.3 is 0 Å². The maximum atomic E-state index is 5.97. The van der Waals surface area contributed by atoms with Crippen LogP contribution in [0.1, 0.15) is 12.0 Å². The number of nitrogens with two attached hydrogens (primary N) is 1. The second kappa shape index (κ2) is 5.71. The van der Waals surface area contributed by atoms with Gasteiger partial charge in [-0.2, -0.15) is 0 Å². The topological polar surface area (TPSA) is 38.5 Å². The Bertz CT molecular complexity index is 382. The van der Waals surface area contributed by atoms with Gasteiger partial charge < -0.3 is 15.4 Å². The van der Waals surface area contributed by atoms with Gasteiger partial charge in [-0.05, 0) is 43.7 Å². The molecule has 94 valence electrons. The highest BCUT2D eigenvalue weighted by atomic mass is 35.5. The number of anilines is 1. The summed E-state index contributed by atoms with van der Waals surface area (Å²) >= 11 is 5.97. The van der Waals surface area contributed by atoms with Gasteiger partial charge in [0.05, 0.1) is 12.7 Å². The third kappa shape index (κ3) is 3.12. The zero-order valence-corrected chi connectivity index (χ0v) is 10.9. The minimum atomic E-state index is 0.254. The van der Waals surface area contributed by atoms with Crippen molar-refractivity contribution in [2.45, 2.75) is 19.4 Å². The fourth-order valence-corrected chi connectivity index (χ4v) is 2.50. The van der Waals surface area contributed by atoms with E-state index in [2.05, 4.69) is 17.9 Å². The Morgan fingerprint density at radius 2 is 2.35 bits per heavy atom. The van der Waals surface area contributed by atoms with Crippen LogP contribution in [-0.2, 0) is 4.74 Å². The second-order valence-corrected chi connectivity index (χ2v) is 4.88. The first-order valence-corrected chi connectivity index (χ1v) is 6.41. The molecule has 0 aliphatic carbocycles. The maximum Gasteiger partial charge on any atom is 0.0762 e. The van der Waals surface area contributed by atoms with Crippen molar-refractivity contribution in [2.75, 3.05) is 31.1 Å². The number of benzene rings is 1. The van der Waals surface area contributed by atoms with Gasteiger partial charge in [-0.15, -0.1) is 0 Å². The molecule has 3 nitrogen and oxygen atoms in total. The van der Waals surface area contributed by atoms with Crippen molar-refractivity contribution >= 4 is 17.3 Å². The maximum absolute atomic E-state index is 5.97. The highest BCUT2D eigenvalue weighted by Crippen LogP contribution is 2.25. The molecule has 1 heterocycles. The average molecular weight is 255 g/mol. The zero-order valence-electron chi connectivity index (χ0n) is 10.2. The van der Waals surface area contributed by atoms with Crippen molar-refractivity contribution in [1.82, 2.24) is 0 Å². The number of halogens is 1. The first-order chi connectivity index (χ1) is 8.20. The fraction of sp³-hybridized carbons (Fsp3) is 0.538. The van der Waals surface area contributed by atoms with Crippen LogP contribution in [0.15, 0.2) is 18.2 Å². The van der Waals surface area contributed by atoms with E-state index in [1.165, 1.54) is 11.3 Å². The summed E-state index contributed by atoms with van der Waals surface area (Å²) in [5, 5.41) is 0.790. The SMILES string of the molecule is Cc1cc(Cl)ccc1N1CCOC(CCN)C1. The number of nitrogens with zero attached hydrogens (tertiary/aromatic N) is 1. The Kier molecular flexibility index (Phi) is 4.26. The molecule has 1 aliphatic heterocycles. The van der Waals surface area contributed by atoms with E-state index in [0.717, 1.165) is 31.1 Å². The van der Waals surface area contributed by atoms with Crippen molar-refractivity contribution in [1.29, 1.82) is 0 Å². The van der Waals surface area contributed by atoms with Crippen LogP contribution in [0, 0.1) is 6.92 Å². The molecular weight excluding hydrogens is 236 g/mol. The molecule has 1 aromatic rings. The molecule has 4 heteroatoms. The standard InChI is InChI=1S/C13H19ClN2O/c1-10-8-11(14)2-3-13(10)16-6-7-17-12(9-16)4-5-15/h2-3,8,12H,4-7,9,15H2,1H3. The van der Waals surface area contributed by atoms with Crippen LogP contribution >= 0.6 is 11.6 Å². The summed E-state index contributed by atoms with van der Waals surface area (Å²) in [5.41, 5.74) is 8.04. The molecule has 0 radical (unpaired) electrons. The third-order valence-electron chi connectivity index (χ3n) is 3.13. The second-order valence-electron chi connectivity index (χ2n) is 4.45. The molecule has 1 aliphatic rings. The molecule has 1 aromatic carbocycles. The Morgan fingerprint density at radius 3 is 3.06 bits per heavy atom. The molecule has 0 amide bonds. The summed E-state index contributed by atoms with van der Waals surface area (Å²) in [4.78, 5) is 2.36. The summed E-state index contributed by atoms with van der Waals surface area (Å²) in [7, 11) is 0. The largest absolute Gasteiger partial charge is 0.374 e. The van der Waals surface area contributed by atoms with Gasteiger partial charge in [0.1, 0.15) is 0 Å². The molecule has 2 rings (SSSR count). The Hall–Kier alpha value is -0.770. The van der Waals surface area contributed by atoms with E-state index in [0.29, 0.717) is 6.54 Å². The van der Waals surface area contributed by atoms with Crippen LogP contribution < -0.4 is 10.6 Å². The van der Waals surface area contributed by atoms with Gasteiger partial charge in [0.2, 0.25) is 0 Å². The molecular formula is C13H19ClN2O. The highest BCUT2D eigenvalue weighted by molar-refractivity contribution is 6.30. The number of aryl methyl sites for hydroxylation is 1. The summed E-state index contributed by atoms with van der Waals surface area (Å²) in [6, 6.07) is 6.03. The zero-order chi connectivity index (χ0) is 12.3. The smallest absolute Gasteiger partial charge is 0.0762 e. The Morgan fingerprint density at radius 1 is 1.53 bits per heavy atom. The van der Waals surface area contributed by atoms with Gasteiger partial charge in [-0.1, -0.05) is 11.6 Å². The number of rotatable bonds is 3. The molecule has 1 unspecified atom stereocenters. The number of hydrogen-bond donors (Lipinski definition) is 1. The molecule has 2 N–H and O–H groups in total. The molecule has 0 spiro atoms. The third-order valence-corrected chi connectivity index (χ3v) is 3.36. The lowest BCUT2D eigenvalue weighted by molar-refractivity contribution is 0.0368. The van der Waals surface area contributed by atoms with E-state index in [1.807, 2.05) is 12.1 Å². The highest BCUT2D eigenvalue weighted by Gasteiger charge is 2.20. The quantitative estimate of drug-likeness (QED) is 0.899. The van der Waals surface area contributed by atoms with E-state index in [1.54, 1.807) is 0 Å². The summed E-state index contributed by atoms with van der Waals surface area (Å²) < 4.78 is 5.69. The van der Waals surface area contributed by atoms with Crippen molar-refractivity contribution in [2.24, 2.45) is 5.73 Å². The number of morpholine rings is 1. The van der Waals surface area contributed by atoms with Crippen molar-refractivity contribution in [3.63, 3.8) is 0 Å². The first kappa shape index (κ1) is 12.7. The van der Waals surface area contributed by atoms with Crippen LogP contribution in [0.25, 0.3) is 0 Å². The predicted octanol–water partition coefficient (Wildman–Crippen LogP) is 2.20. The van der Waals surface area contributed by atoms with Gasteiger partial charge in [-0.3, -0.25) is 0 Å². The van der Waals surface area contributed by atoms with E-state index in [4.69, 9.17) is 22.1 Å². The summed E-state index contributed by atoms with van der Waals surface area (Å²) in [6.45, 7) is 5.39. The normalized spacial score (nSPS) is 20.6. The Balaban J connectivity index is 2.10.